The molecule has 0 saturated carbocycles. The van der Waals surface area contributed by atoms with Crippen LogP contribution in [0, 0.1) is 0 Å². The minimum Gasteiger partial charge on any atom is -0.295 e. The number of carbonyl (C=O) groups is 1. The second-order valence-corrected chi connectivity index (χ2v) is 3.34. The molecular formula is C8H12OS. The lowest BCUT2D eigenvalue weighted by atomic mass is 10.00. The molecule has 0 bridgehead atoms. The maximum atomic E-state index is 11.1. The first-order valence-electron chi connectivity index (χ1n) is 3.56. The number of carbonyl (C=O) groups excluding carboxylic acids is 1. The monoisotopic (exact) mass is 156 g/mol. The van der Waals surface area contributed by atoms with Gasteiger partial charge in [0.1, 0.15) is 0 Å². The van der Waals surface area contributed by atoms with Crippen molar-refractivity contribution in [2.45, 2.75) is 19.3 Å². The molecule has 0 radical (unpaired) electrons. The Morgan fingerprint density at radius 2 is 2.50 bits per heavy atom. The lowest BCUT2D eigenvalue weighted by Gasteiger charge is -2.09. The summed E-state index contributed by atoms with van der Waals surface area (Å²) in [6, 6.07) is 0. The molecule has 1 rings (SSSR count). The van der Waals surface area contributed by atoms with E-state index < -0.39 is 0 Å². The molecule has 0 fully saturated rings. The van der Waals surface area contributed by atoms with Gasteiger partial charge in [0.25, 0.3) is 0 Å². The summed E-state index contributed by atoms with van der Waals surface area (Å²) in [5.41, 5.74) is 1.04. The molecule has 0 aliphatic heterocycles. The standard InChI is InChI=1S/C8H12OS/c1-10-6-7-4-2-3-5-8(7)9/h4H,2-3,5-6H2,1H3. The summed E-state index contributed by atoms with van der Waals surface area (Å²) in [7, 11) is 0. The van der Waals surface area contributed by atoms with E-state index in [4.69, 9.17) is 0 Å². The van der Waals surface area contributed by atoms with E-state index in [2.05, 4.69) is 6.08 Å². The van der Waals surface area contributed by atoms with Gasteiger partial charge in [0.15, 0.2) is 5.78 Å². The molecule has 0 saturated heterocycles. The predicted octanol–water partition coefficient (Wildman–Crippen LogP) is 2.03. The van der Waals surface area contributed by atoms with Crippen LogP contribution in [0.3, 0.4) is 0 Å². The van der Waals surface area contributed by atoms with Crippen molar-refractivity contribution >= 4 is 17.5 Å². The minimum absolute atomic E-state index is 0.362. The van der Waals surface area contributed by atoms with Crippen molar-refractivity contribution < 1.29 is 4.79 Å². The van der Waals surface area contributed by atoms with Crippen molar-refractivity contribution in [2.24, 2.45) is 0 Å². The molecule has 1 aliphatic rings. The second-order valence-electron chi connectivity index (χ2n) is 2.48. The Morgan fingerprint density at radius 1 is 1.70 bits per heavy atom. The average molecular weight is 156 g/mol. The Bertz CT molecular complexity index is 161. The number of hydrogen-bond acceptors (Lipinski definition) is 2. The molecule has 0 spiro atoms. The van der Waals surface area contributed by atoms with Crippen molar-refractivity contribution in [3.05, 3.63) is 11.6 Å². The molecular weight excluding hydrogens is 144 g/mol. The summed E-state index contributed by atoms with van der Waals surface area (Å²) < 4.78 is 0. The summed E-state index contributed by atoms with van der Waals surface area (Å²) in [6.07, 6.45) is 7.04. The van der Waals surface area contributed by atoms with Crippen LogP contribution in [0.4, 0.5) is 0 Å². The normalized spacial score (nSPS) is 18.9. The first-order valence-corrected chi connectivity index (χ1v) is 4.95. The Hall–Kier alpha value is -0.240. The molecule has 2 heteroatoms. The van der Waals surface area contributed by atoms with E-state index in [1.165, 1.54) is 0 Å². The van der Waals surface area contributed by atoms with Gasteiger partial charge in [-0.1, -0.05) is 6.08 Å². The lowest BCUT2D eigenvalue weighted by molar-refractivity contribution is -0.115. The van der Waals surface area contributed by atoms with E-state index >= 15 is 0 Å². The van der Waals surface area contributed by atoms with E-state index in [1.807, 2.05) is 6.26 Å². The van der Waals surface area contributed by atoms with Gasteiger partial charge in [-0.05, 0) is 19.1 Å². The average Bonchev–Trinajstić information content (AvgIpc) is 1.94. The maximum absolute atomic E-state index is 11.1. The molecule has 0 aromatic heterocycles. The quantitative estimate of drug-likeness (QED) is 0.608. The summed E-state index contributed by atoms with van der Waals surface area (Å²) in [4.78, 5) is 11.1. The highest BCUT2D eigenvalue weighted by Gasteiger charge is 2.11. The SMILES string of the molecule is CSCC1=CCCCC1=O. The zero-order chi connectivity index (χ0) is 7.40. The van der Waals surface area contributed by atoms with Crippen molar-refractivity contribution in [2.75, 3.05) is 12.0 Å². The van der Waals surface area contributed by atoms with Gasteiger partial charge in [0.2, 0.25) is 0 Å². The first-order chi connectivity index (χ1) is 4.84. The Balaban J connectivity index is 2.53. The van der Waals surface area contributed by atoms with E-state index in [0.29, 0.717) is 5.78 Å². The topological polar surface area (TPSA) is 17.1 Å². The molecule has 0 amide bonds. The fourth-order valence-corrected chi connectivity index (χ4v) is 1.70. The number of Topliss-reactive ketones (excluding diaryl/α,β-unsaturated/α-hetero) is 1. The number of hydrogen-bond donors (Lipinski definition) is 0. The Kier molecular flexibility index (Phi) is 3.00. The van der Waals surface area contributed by atoms with Crippen LogP contribution in [0.25, 0.3) is 0 Å². The molecule has 0 unspecified atom stereocenters. The fraction of sp³-hybridized carbons (Fsp3) is 0.625. The highest BCUT2D eigenvalue weighted by atomic mass is 32.2. The third-order valence-corrected chi connectivity index (χ3v) is 2.26. The van der Waals surface area contributed by atoms with Crippen LogP contribution in [-0.4, -0.2) is 17.8 Å². The third-order valence-electron chi connectivity index (χ3n) is 1.66. The van der Waals surface area contributed by atoms with Gasteiger partial charge in [-0.25, -0.2) is 0 Å². The van der Waals surface area contributed by atoms with Crippen LogP contribution in [0.5, 0.6) is 0 Å². The Morgan fingerprint density at radius 3 is 3.10 bits per heavy atom. The van der Waals surface area contributed by atoms with Crippen LogP contribution in [0.2, 0.25) is 0 Å². The lowest BCUT2D eigenvalue weighted by Crippen LogP contribution is -2.08. The second kappa shape index (κ2) is 3.81. The smallest absolute Gasteiger partial charge is 0.159 e. The first kappa shape index (κ1) is 7.86. The van der Waals surface area contributed by atoms with Gasteiger partial charge in [0, 0.05) is 17.7 Å². The van der Waals surface area contributed by atoms with Crippen LogP contribution < -0.4 is 0 Å². The van der Waals surface area contributed by atoms with Crippen molar-refractivity contribution in [1.82, 2.24) is 0 Å². The third kappa shape index (κ3) is 1.87. The molecule has 0 aromatic carbocycles. The van der Waals surface area contributed by atoms with Crippen LogP contribution in [-0.2, 0) is 4.79 Å². The number of rotatable bonds is 2. The minimum atomic E-state index is 0.362. The zero-order valence-corrected chi connectivity index (χ0v) is 7.04. The number of allylic oxidation sites excluding steroid dienone is 1. The Labute approximate surface area is 65.9 Å². The summed E-state index contributed by atoms with van der Waals surface area (Å²) >= 11 is 1.72. The van der Waals surface area contributed by atoms with Gasteiger partial charge in [-0.2, -0.15) is 11.8 Å². The number of thioether (sulfide) groups is 1. The largest absolute Gasteiger partial charge is 0.295 e. The molecule has 0 heterocycles. The molecule has 0 atom stereocenters. The van der Waals surface area contributed by atoms with Crippen molar-refractivity contribution in [1.29, 1.82) is 0 Å². The molecule has 1 aliphatic carbocycles. The molecule has 10 heavy (non-hydrogen) atoms. The van der Waals surface area contributed by atoms with Crippen LogP contribution in [0.1, 0.15) is 19.3 Å². The van der Waals surface area contributed by atoms with Crippen molar-refractivity contribution in [3.63, 3.8) is 0 Å². The summed E-state index contributed by atoms with van der Waals surface area (Å²) in [5.74, 6) is 1.26. The predicted molar refractivity (Wildman–Crippen MR) is 45.3 cm³/mol. The fourth-order valence-electron chi connectivity index (χ4n) is 1.11. The van der Waals surface area contributed by atoms with Gasteiger partial charge in [0.05, 0.1) is 0 Å². The van der Waals surface area contributed by atoms with Gasteiger partial charge >= 0.3 is 0 Å². The number of ketones is 1. The maximum Gasteiger partial charge on any atom is 0.159 e. The van der Waals surface area contributed by atoms with E-state index in [-0.39, 0.29) is 0 Å². The summed E-state index contributed by atoms with van der Waals surface area (Å²) in [5, 5.41) is 0. The summed E-state index contributed by atoms with van der Waals surface area (Å²) in [6.45, 7) is 0. The zero-order valence-electron chi connectivity index (χ0n) is 6.22. The van der Waals surface area contributed by atoms with Gasteiger partial charge in [-0.3, -0.25) is 4.79 Å². The highest BCUT2D eigenvalue weighted by molar-refractivity contribution is 7.98. The van der Waals surface area contributed by atoms with Gasteiger partial charge < -0.3 is 0 Å². The molecule has 0 N–H and O–H groups in total. The van der Waals surface area contributed by atoms with Gasteiger partial charge in [-0.15, -0.1) is 0 Å². The molecule has 56 valence electrons. The van der Waals surface area contributed by atoms with E-state index in [9.17, 15) is 4.79 Å². The highest BCUT2D eigenvalue weighted by Crippen LogP contribution is 2.16. The van der Waals surface area contributed by atoms with Crippen LogP contribution >= 0.6 is 11.8 Å². The van der Waals surface area contributed by atoms with Crippen LogP contribution in [0.15, 0.2) is 11.6 Å². The molecule has 0 aromatic rings. The molecule has 1 nitrogen and oxygen atoms in total. The van der Waals surface area contributed by atoms with E-state index in [1.54, 1.807) is 11.8 Å². The van der Waals surface area contributed by atoms with Crippen molar-refractivity contribution in [3.8, 4) is 0 Å². The van der Waals surface area contributed by atoms with E-state index in [0.717, 1.165) is 30.6 Å².